The highest BCUT2D eigenvalue weighted by molar-refractivity contribution is 5.83. The monoisotopic (exact) mass is 506 g/mol. The van der Waals surface area contributed by atoms with Crippen LogP contribution in [0.3, 0.4) is 0 Å². The van der Waals surface area contributed by atoms with E-state index in [0.717, 1.165) is 45.1 Å². The first kappa shape index (κ1) is 26.5. The lowest BCUT2D eigenvalue weighted by Crippen LogP contribution is -2.05. The number of ether oxygens (including phenoxy) is 2. The maximum atomic E-state index is 5.66. The maximum Gasteiger partial charge on any atom is 0.119 e. The van der Waals surface area contributed by atoms with Gasteiger partial charge in [0.15, 0.2) is 0 Å². The van der Waals surface area contributed by atoms with Crippen molar-refractivity contribution in [1.29, 1.82) is 0 Å². The van der Waals surface area contributed by atoms with Gasteiger partial charge in [-0.2, -0.15) is 10.2 Å². The highest BCUT2D eigenvalue weighted by Gasteiger charge is 2.00. The van der Waals surface area contributed by atoms with Crippen molar-refractivity contribution < 1.29 is 9.47 Å². The molecule has 0 unspecified atom stereocenters. The summed E-state index contributed by atoms with van der Waals surface area (Å²) >= 11 is 0. The molecule has 0 saturated heterocycles. The fourth-order valence-corrected chi connectivity index (χ4v) is 3.65. The van der Waals surface area contributed by atoms with E-state index in [0.29, 0.717) is 0 Å². The molecule has 0 amide bonds. The number of hydrogen-bond donors (Lipinski definition) is 2. The van der Waals surface area contributed by atoms with Gasteiger partial charge < -0.3 is 9.47 Å². The van der Waals surface area contributed by atoms with Gasteiger partial charge in [0.25, 0.3) is 0 Å². The van der Waals surface area contributed by atoms with Gasteiger partial charge in [-0.05, 0) is 98.5 Å². The van der Waals surface area contributed by atoms with E-state index in [-0.39, 0.29) is 12.2 Å². The Labute approximate surface area is 225 Å². The predicted molar refractivity (Wildman–Crippen MR) is 159 cm³/mol. The Morgan fingerprint density at radius 2 is 0.842 bits per heavy atom. The first-order valence-corrected chi connectivity index (χ1v) is 12.8. The molecule has 0 spiro atoms. The van der Waals surface area contributed by atoms with Gasteiger partial charge in [0.2, 0.25) is 0 Å². The van der Waals surface area contributed by atoms with Crippen LogP contribution in [0.5, 0.6) is 11.5 Å². The molecule has 4 rings (SSSR count). The Morgan fingerprint density at radius 3 is 1.16 bits per heavy atom. The Morgan fingerprint density at radius 1 is 0.500 bits per heavy atom. The highest BCUT2D eigenvalue weighted by Crippen LogP contribution is 2.21. The van der Waals surface area contributed by atoms with Gasteiger partial charge in [-0.1, -0.05) is 48.5 Å². The normalized spacial score (nSPS) is 11.4. The quantitative estimate of drug-likeness (QED) is 0.161. The van der Waals surface area contributed by atoms with Crippen molar-refractivity contribution in [3.63, 3.8) is 0 Å². The Hall–Kier alpha value is -4.58. The number of hydrazone groups is 2. The van der Waals surface area contributed by atoms with Gasteiger partial charge in [0.05, 0.1) is 36.0 Å². The van der Waals surface area contributed by atoms with Crippen LogP contribution < -0.4 is 20.3 Å². The number of nitrogens with one attached hydrogen (secondary N) is 2. The average Bonchev–Trinajstić information content (AvgIpc) is 2.91. The van der Waals surface area contributed by atoms with E-state index < -0.39 is 0 Å². The maximum absolute atomic E-state index is 5.66. The largest absolute Gasteiger partial charge is 0.491 e. The van der Waals surface area contributed by atoms with Crippen molar-refractivity contribution in [2.24, 2.45) is 10.2 Å². The topological polar surface area (TPSA) is 67.2 Å². The van der Waals surface area contributed by atoms with Crippen molar-refractivity contribution in [2.45, 2.75) is 39.9 Å². The molecular formula is C32H34N4O2. The molecule has 38 heavy (non-hydrogen) atoms. The Kier molecular flexibility index (Phi) is 9.13. The van der Waals surface area contributed by atoms with Crippen LogP contribution in [0.25, 0.3) is 11.1 Å². The van der Waals surface area contributed by atoms with Crippen LogP contribution >= 0.6 is 0 Å². The summed E-state index contributed by atoms with van der Waals surface area (Å²) in [5.41, 5.74) is 12.2. The molecule has 6 heteroatoms. The van der Waals surface area contributed by atoms with Gasteiger partial charge in [-0.15, -0.1) is 0 Å². The van der Waals surface area contributed by atoms with Crippen molar-refractivity contribution in [2.75, 3.05) is 10.9 Å². The van der Waals surface area contributed by atoms with Crippen molar-refractivity contribution in [1.82, 2.24) is 0 Å². The molecule has 0 atom stereocenters. The summed E-state index contributed by atoms with van der Waals surface area (Å²) in [4.78, 5) is 0. The molecule has 0 saturated carbocycles. The molecule has 0 aromatic heterocycles. The lowest BCUT2D eigenvalue weighted by Gasteiger charge is -2.09. The van der Waals surface area contributed by atoms with Crippen LogP contribution in [-0.2, 0) is 0 Å². The van der Waals surface area contributed by atoms with Gasteiger partial charge in [-0.25, -0.2) is 0 Å². The molecule has 0 bridgehead atoms. The molecular weight excluding hydrogens is 472 g/mol. The molecule has 4 aromatic rings. The smallest absolute Gasteiger partial charge is 0.119 e. The lowest BCUT2D eigenvalue weighted by atomic mass is 10.0. The number of hydrogen-bond acceptors (Lipinski definition) is 6. The summed E-state index contributed by atoms with van der Waals surface area (Å²) in [5.74, 6) is 1.70. The van der Waals surface area contributed by atoms with Crippen LogP contribution in [0.15, 0.2) is 107 Å². The third-order valence-electron chi connectivity index (χ3n) is 5.42. The fraction of sp³-hybridized carbons (Fsp3) is 0.188. The number of rotatable bonds is 11. The lowest BCUT2D eigenvalue weighted by molar-refractivity contribution is 0.242. The summed E-state index contributed by atoms with van der Waals surface area (Å²) in [6.07, 6.45) is 3.92. The second kappa shape index (κ2) is 13.1. The zero-order valence-electron chi connectivity index (χ0n) is 22.3. The minimum atomic E-state index is 0.156. The van der Waals surface area contributed by atoms with Crippen LogP contribution in [0.1, 0.15) is 38.8 Å². The molecule has 2 N–H and O–H groups in total. The van der Waals surface area contributed by atoms with E-state index in [2.05, 4.69) is 69.6 Å². The number of nitrogens with zero attached hydrogens (tertiary/aromatic N) is 2. The molecule has 194 valence electrons. The molecule has 0 aliphatic rings. The summed E-state index contributed by atoms with van der Waals surface area (Å²) in [6.45, 7) is 8.04. The predicted octanol–water partition coefficient (Wildman–Crippen LogP) is 7.82. The van der Waals surface area contributed by atoms with E-state index in [9.17, 15) is 0 Å². The zero-order chi connectivity index (χ0) is 26.7. The minimum Gasteiger partial charge on any atom is -0.491 e. The van der Waals surface area contributed by atoms with Crippen LogP contribution in [-0.4, -0.2) is 24.6 Å². The van der Waals surface area contributed by atoms with E-state index >= 15 is 0 Å². The number of anilines is 2. The molecule has 0 heterocycles. The molecule has 6 nitrogen and oxygen atoms in total. The number of benzene rings is 4. The highest BCUT2D eigenvalue weighted by atomic mass is 16.5. The third kappa shape index (κ3) is 8.23. The van der Waals surface area contributed by atoms with Gasteiger partial charge in [0.1, 0.15) is 11.5 Å². The van der Waals surface area contributed by atoms with Crippen LogP contribution in [0.4, 0.5) is 11.4 Å². The molecule has 0 fully saturated rings. The van der Waals surface area contributed by atoms with Crippen LogP contribution in [0.2, 0.25) is 0 Å². The SMILES string of the molecule is CC(C)Oc1ccc(N/N=C/c2ccc(-c3ccc(/C=N/Nc4ccc(OC(C)C)cc4)cc3)cc2)cc1. The Balaban J connectivity index is 1.27. The van der Waals surface area contributed by atoms with E-state index in [4.69, 9.17) is 9.47 Å². The summed E-state index contributed by atoms with van der Waals surface area (Å²) < 4.78 is 11.3. The molecule has 0 radical (unpaired) electrons. The van der Waals surface area contributed by atoms with E-state index in [1.165, 1.54) is 0 Å². The van der Waals surface area contributed by atoms with Gasteiger partial charge in [0, 0.05) is 0 Å². The standard InChI is InChI=1S/C32H34N4O2/c1-23(2)37-31-17-13-29(14-18-31)35-33-21-25-5-9-27(10-6-25)28-11-7-26(8-12-28)22-34-36-30-15-19-32(20-16-30)38-24(3)4/h5-24,35-36H,1-4H3/b33-21+,34-22+. The first-order chi connectivity index (χ1) is 18.4. The summed E-state index contributed by atoms with van der Waals surface area (Å²) in [7, 11) is 0. The minimum absolute atomic E-state index is 0.156. The third-order valence-corrected chi connectivity index (χ3v) is 5.42. The van der Waals surface area contributed by atoms with E-state index in [1.54, 1.807) is 12.4 Å². The Bertz CT molecular complexity index is 1220. The van der Waals surface area contributed by atoms with Crippen molar-refractivity contribution in [3.05, 3.63) is 108 Å². The zero-order valence-corrected chi connectivity index (χ0v) is 22.3. The van der Waals surface area contributed by atoms with Crippen LogP contribution in [0, 0.1) is 0 Å². The summed E-state index contributed by atoms with van der Waals surface area (Å²) in [6, 6.07) is 32.1. The first-order valence-electron chi connectivity index (χ1n) is 12.8. The fourth-order valence-electron chi connectivity index (χ4n) is 3.65. The second-order valence-corrected chi connectivity index (χ2v) is 9.37. The molecule has 4 aromatic carbocycles. The van der Waals surface area contributed by atoms with Gasteiger partial charge >= 0.3 is 0 Å². The van der Waals surface area contributed by atoms with Gasteiger partial charge in [-0.3, -0.25) is 10.9 Å². The molecule has 0 aliphatic carbocycles. The van der Waals surface area contributed by atoms with E-state index in [1.807, 2.05) is 76.2 Å². The average molecular weight is 507 g/mol. The van der Waals surface area contributed by atoms with Crippen molar-refractivity contribution in [3.8, 4) is 22.6 Å². The van der Waals surface area contributed by atoms with Crippen molar-refractivity contribution >= 4 is 23.8 Å². The molecule has 0 aliphatic heterocycles. The summed E-state index contributed by atoms with van der Waals surface area (Å²) in [5, 5.41) is 8.68. The second-order valence-electron chi connectivity index (χ2n) is 9.37.